The largest absolute Gasteiger partial charge is 0.444 e. The molecular weight excluding hydrogens is 368 g/mol. The van der Waals surface area contributed by atoms with E-state index >= 15 is 0 Å². The highest BCUT2D eigenvalue weighted by atomic mass is 32.2. The first-order chi connectivity index (χ1) is 12.4. The molecule has 8 heteroatoms. The minimum absolute atomic E-state index is 0.0950. The van der Waals surface area contributed by atoms with Crippen molar-refractivity contribution in [3.8, 4) is 0 Å². The molecule has 0 saturated carbocycles. The molecule has 1 aromatic rings. The maximum atomic E-state index is 12.6. The molecule has 1 saturated heterocycles. The summed E-state index contributed by atoms with van der Waals surface area (Å²) in [4.78, 5) is 13.9. The maximum absolute atomic E-state index is 12.6. The smallest absolute Gasteiger partial charge is 0.410 e. The zero-order chi connectivity index (χ0) is 20.5. The van der Waals surface area contributed by atoms with E-state index < -0.39 is 27.3 Å². The number of amides is 1. The second kappa shape index (κ2) is 7.77. The quantitative estimate of drug-likeness (QED) is 0.812. The molecule has 1 aliphatic heterocycles. The summed E-state index contributed by atoms with van der Waals surface area (Å²) in [5, 5.41) is 11.2. The van der Waals surface area contributed by atoms with Gasteiger partial charge in [-0.1, -0.05) is 19.1 Å². The van der Waals surface area contributed by atoms with E-state index in [-0.39, 0.29) is 24.3 Å². The van der Waals surface area contributed by atoms with Crippen LogP contribution in [0.3, 0.4) is 0 Å². The van der Waals surface area contributed by atoms with Gasteiger partial charge in [-0.2, -0.15) is 0 Å². The fraction of sp³-hybridized carbons (Fsp3) is 0.632. The van der Waals surface area contributed by atoms with Crippen LogP contribution in [0.1, 0.15) is 51.7 Å². The van der Waals surface area contributed by atoms with Crippen LogP contribution < -0.4 is 4.72 Å². The number of hydrogen-bond acceptors (Lipinski definition) is 5. The predicted molar refractivity (Wildman–Crippen MR) is 103 cm³/mol. The van der Waals surface area contributed by atoms with Crippen molar-refractivity contribution in [3.63, 3.8) is 0 Å². The van der Waals surface area contributed by atoms with Gasteiger partial charge in [-0.05, 0) is 52.2 Å². The van der Waals surface area contributed by atoms with E-state index in [2.05, 4.69) is 4.72 Å². The van der Waals surface area contributed by atoms with Crippen LogP contribution in [0, 0.1) is 6.92 Å². The molecule has 0 radical (unpaired) electrons. The molecule has 7 nitrogen and oxygen atoms in total. The maximum Gasteiger partial charge on any atom is 0.410 e. The topological polar surface area (TPSA) is 95.9 Å². The van der Waals surface area contributed by atoms with Crippen molar-refractivity contribution in [3.05, 3.63) is 29.3 Å². The van der Waals surface area contributed by atoms with Crippen LogP contribution >= 0.6 is 0 Å². The molecule has 0 aliphatic carbocycles. The molecule has 27 heavy (non-hydrogen) atoms. The Labute approximate surface area is 161 Å². The molecule has 0 aromatic heterocycles. The standard InChI is InChI=1S/C19H30N2O5S/c1-6-20-27(24,25)16-13-14(2)7-8-15(16)19(23)9-11-21(12-10-19)17(22)26-18(3,4)5/h7-8,13,20,23H,6,9-12H2,1-5H3. The number of carbonyl (C=O) groups excluding carboxylic acids is 1. The number of nitrogens with zero attached hydrogens (tertiary/aromatic N) is 1. The van der Waals surface area contributed by atoms with Crippen LogP contribution in [0.25, 0.3) is 0 Å². The second-order valence-electron chi connectivity index (χ2n) is 8.00. The lowest BCUT2D eigenvalue weighted by Crippen LogP contribution is -2.47. The fourth-order valence-electron chi connectivity index (χ4n) is 3.16. The zero-order valence-electron chi connectivity index (χ0n) is 16.7. The van der Waals surface area contributed by atoms with Gasteiger partial charge < -0.3 is 14.7 Å². The molecule has 1 fully saturated rings. The summed E-state index contributed by atoms with van der Waals surface area (Å²) in [6.07, 6.45) is 0.0578. The SMILES string of the molecule is CCNS(=O)(=O)c1cc(C)ccc1C1(O)CCN(C(=O)OC(C)(C)C)CC1. The number of hydrogen-bond donors (Lipinski definition) is 2. The molecule has 0 atom stereocenters. The summed E-state index contributed by atoms with van der Waals surface area (Å²) in [6.45, 7) is 9.77. The second-order valence-corrected chi connectivity index (χ2v) is 9.74. The first-order valence-corrected chi connectivity index (χ1v) is 10.7. The van der Waals surface area contributed by atoms with Gasteiger partial charge in [0.25, 0.3) is 0 Å². The molecule has 2 rings (SSSR count). The van der Waals surface area contributed by atoms with Gasteiger partial charge in [0.2, 0.25) is 10.0 Å². The monoisotopic (exact) mass is 398 g/mol. The van der Waals surface area contributed by atoms with Crippen LogP contribution in [0.4, 0.5) is 4.79 Å². The number of aryl methyl sites for hydroxylation is 1. The van der Waals surface area contributed by atoms with Gasteiger partial charge in [-0.15, -0.1) is 0 Å². The average Bonchev–Trinajstić information content (AvgIpc) is 2.53. The number of piperidine rings is 1. The summed E-state index contributed by atoms with van der Waals surface area (Å²) in [6, 6.07) is 5.03. The molecule has 0 bridgehead atoms. The Hall–Kier alpha value is -1.64. The van der Waals surface area contributed by atoms with Crippen molar-refractivity contribution in [1.82, 2.24) is 9.62 Å². The summed E-state index contributed by atoms with van der Waals surface area (Å²) in [7, 11) is -3.72. The Morgan fingerprint density at radius 2 is 1.89 bits per heavy atom. The number of likely N-dealkylation sites (tertiary alicyclic amines) is 1. The minimum Gasteiger partial charge on any atom is -0.444 e. The molecule has 0 spiro atoms. The third-order valence-electron chi connectivity index (χ3n) is 4.50. The highest BCUT2D eigenvalue weighted by Gasteiger charge is 2.39. The normalized spacial score (nSPS) is 17.6. The number of nitrogens with one attached hydrogen (secondary N) is 1. The Morgan fingerprint density at radius 3 is 2.41 bits per heavy atom. The van der Waals surface area contributed by atoms with Crippen molar-refractivity contribution in [2.75, 3.05) is 19.6 Å². The van der Waals surface area contributed by atoms with E-state index in [1.54, 1.807) is 50.8 Å². The van der Waals surface area contributed by atoms with Gasteiger partial charge in [0, 0.05) is 25.2 Å². The summed E-state index contributed by atoms with van der Waals surface area (Å²) in [5.41, 5.74) is -0.735. The first-order valence-electron chi connectivity index (χ1n) is 9.19. The molecular formula is C19H30N2O5S. The minimum atomic E-state index is -3.72. The molecule has 1 aromatic carbocycles. The van der Waals surface area contributed by atoms with Gasteiger partial charge >= 0.3 is 6.09 Å². The number of rotatable bonds is 4. The Bertz CT molecular complexity index is 791. The highest BCUT2D eigenvalue weighted by molar-refractivity contribution is 7.89. The molecule has 1 aliphatic rings. The predicted octanol–water partition coefficient (Wildman–Crippen LogP) is 2.51. The van der Waals surface area contributed by atoms with Crippen LogP contribution in [0.5, 0.6) is 0 Å². The van der Waals surface area contributed by atoms with Gasteiger partial charge in [0.15, 0.2) is 0 Å². The van der Waals surface area contributed by atoms with Crippen LogP contribution in [0.15, 0.2) is 23.1 Å². The van der Waals surface area contributed by atoms with Gasteiger partial charge in [0.1, 0.15) is 5.60 Å². The Balaban J connectivity index is 2.26. The van der Waals surface area contributed by atoms with E-state index in [0.29, 0.717) is 18.7 Å². The van der Waals surface area contributed by atoms with Crippen LogP contribution in [0.2, 0.25) is 0 Å². The van der Waals surface area contributed by atoms with Crippen LogP contribution in [-0.2, 0) is 20.4 Å². The molecule has 0 unspecified atom stereocenters. The van der Waals surface area contributed by atoms with Gasteiger partial charge in [-0.25, -0.2) is 17.9 Å². The third kappa shape index (κ3) is 5.21. The van der Waals surface area contributed by atoms with Crippen molar-refractivity contribution < 1.29 is 23.1 Å². The van der Waals surface area contributed by atoms with Crippen molar-refractivity contribution in [1.29, 1.82) is 0 Å². The van der Waals surface area contributed by atoms with E-state index in [9.17, 15) is 18.3 Å². The number of sulfonamides is 1. The van der Waals surface area contributed by atoms with Crippen LogP contribution in [-0.4, -0.2) is 49.8 Å². The number of ether oxygens (including phenoxy) is 1. The van der Waals surface area contributed by atoms with Crippen molar-refractivity contribution >= 4 is 16.1 Å². The van der Waals surface area contributed by atoms with E-state index in [1.165, 1.54) is 0 Å². The summed E-state index contributed by atoms with van der Waals surface area (Å²) < 4.78 is 33.1. The van der Waals surface area contributed by atoms with E-state index in [0.717, 1.165) is 5.56 Å². The summed E-state index contributed by atoms with van der Waals surface area (Å²) in [5.74, 6) is 0. The zero-order valence-corrected chi connectivity index (χ0v) is 17.5. The van der Waals surface area contributed by atoms with Crippen molar-refractivity contribution in [2.24, 2.45) is 0 Å². The fourth-order valence-corrected chi connectivity index (χ4v) is 4.58. The lowest BCUT2D eigenvalue weighted by Gasteiger charge is -2.39. The highest BCUT2D eigenvalue weighted by Crippen LogP contribution is 2.37. The van der Waals surface area contributed by atoms with Crippen molar-refractivity contribution in [2.45, 2.75) is 63.6 Å². The Morgan fingerprint density at radius 1 is 1.30 bits per heavy atom. The van der Waals surface area contributed by atoms with E-state index in [4.69, 9.17) is 4.74 Å². The average molecular weight is 399 g/mol. The van der Waals surface area contributed by atoms with E-state index in [1.807, 2.05) is 6.92 Å². The van der Waals surface area contributed by atoms with Gasteiger partial charge in [-0.3, -0.25) is 0 Å². The lowest BCUT2D eigenvalue weighted by molar-refractivity contribution is -0.0372. The Kier molecular flexibility index (Phi) is 6.23. The molecule has 152 valence electrons. The van der Waals surface area contributed by atoms with Gasteiger partial charge in [0.05, 0.1) is 10.5 Å². The molecule has 2 N–H and O–H groups in total. The first kappa shape index (κ1) is 21.7. The molecule has 1 heterocycles. The number of carbonyl (C=O) groups is 1. The molecule has 1 amide bonds. The third-order valence-corrected chi connectivity index (χ3v) is 6.09. The number of aliphatic hydroxyl groups is 1. The lowest BCUT2D eigenvalue weighted by atomic mass is 9.84. The summed E-state index contributed by atoms with van der Waals surface area (Å²) >= 11 is 0. The number of benzene rings is 1.